The Morgan fingerprint density at radius 3 is 2.58 bits per heavy atom. The molecule has 12 heteroatoms. The Balaban J connectivity index is 1.29. The highest BCUT2D eigenvalue weighted by Crippen LogP contribution is 2.54. The zero-order valence-electron chi connectivity index (χ0n) is 22.1. The van der Waals surface area contributed by atoms with Gasteiger partial charge in [-0.25, -0.2) is 18.2 Å². The second-order valence-corrected chi connectivity index (χ2v) is 11.4. The summed E-state index contributed by atoms with van der Waals surface area (Å²) in [5.74, 6) is 4.63. The van der Waals surface area contributed by atoms with E-state index in [9.17, 15) is 28.2 Å². The number of carbonyl (C=O) groups is 1. The van der Waals surface area contributed by atoms with E-state index in [4.69, 9.17) is 11.6 Å². The summed E-state index contributed by atoms with van der Waals surface area (Å²) in [6.07, 6.45) is 2.09. The zero-order valence-corrected chi connectivity index (χ0v) is 22.9. The van der Waals surface area contributed by atoms with Crippen LogP contribution >= 0.6 is 11.6 Å². The monoisotopic (exact) mass is 575 g/mol. The maximum atomic E-state index is 13.5. The molecular formula is C28H29ClF3N5O3. The van der Waals surface area contributed by atoms with Crippen LogP contribution in [-0.4, -0.2) is 41.1 Å². The molecule has 212 valence electrons. The molecule has 3 unspecified atom stereocenters. The topological polar surface area (TPSA) is 105 Å². The molecule has 3 aromatic rings. The van der Waals surface area contributed by atoms with Crippen molar-refractivity contribution in [1.29, 1.82) is 0 Å². The number of amides is 1. The summed E-state index contributed by atoms with van der Waals surface area (Å²) in [5.41, 5.74) is -2.52. The van der Waals surface area contributed by atoms with Gasteiger partial charge in [0.25, 0.3) is 12.3 Å². The number of aryl methyl sites for hydroxylation is 2. The van der Waals surface area contributed by atoms with E-state index < -0.39 is 35.0 Å². The average molecular weight is 576 g/mol. The lowest BCUT2D eigenvalue weighted by atomic mass is 9.90. The summed E-state index contributed by atoms with van der Waals surface area (Å²) in [6.45, 7) is 1.31. The summed E-state index contributed by atoms with van der Waals surface area (Å²) in [5, 5.41) is 28.5. The van der Waals surface area contributed by atoms with Gasteiger partial charge < -0.3 is 20.1 Å². The molecule has 40 heavy (non-hydrogen) atoms. The van der Waals surface area contributed by atoms with Crippen molar-refractivity contribution >= 4 is 23.2 Å². The largest absolute Gasteiger partial charge is 0.378 e. The number of nitrogens with zero attached hydrogens (tertiary/aromatic N) is 4. The fourth-order valence-corrected chi connectivity index (χ4v) is 6.30. The number of imidazole rings is 1. The third-order valence-corrected chi connectivity index (χ3v) is 8.20. The van der Waals surface area contributed by atoms with Crippen molar-refractivity contribution in [3.05, 3.63) is 64.2 Å². The number of fused-ring (bicyclic) bond motifs is 1. The Kier molecular flexibility index (Phi) is 7.23. The summed E-state index contributed by atoms with van der Waals surface area (Å²) >= 11 is 5.84. The van der Waals surface area contributed by atoms with Crippen LogP contribution in [0.15, 0.2) is 30.7 Å². The number of hydrogen-bond donors (Lipinski definition) is 3. The molecule has 2 aliphatic carbocycles. The van der Waals surface area contributed by atoms with Gasteiger partial charge in [-0.2, -0.15) is 5.10 Å². The van der Waals surface area contributed by atoms with E-state index in [1.165, 1.54) is 43.0 Å². The predicted octanol–water partition coefficient (Wildman–Crippen LogP) is 4.68. The molecule has 5 rings (SSSR count). The maximum Gasteiger partial charge on any atom is 0.282 e. The van der Waals surface area contributed by atoms with Crippen molar-refractivity contribution in [2.45, 2.75) is 56.2 Å². The van der Waals surface area contributed by atoms with Crippen LogP contribution in [0.1, 0.15) is 72.4 Å². The molecule has 0 radical (unpaired) electrons. The minimum absolute atomic E-state index is 0.0154. The lowest BCUT2D eigenvalue weighted by molar-refractivity contribution is 0.0909. The Morgan fingerprint density at radius 2 is 1.95 bits per heavy atom. The quantitative estimate of drug-likeness (QED) is 0.383. The van der Waals surface area contributed by atoms with Crippen molar-refractivity contribution < 1.29 is 28.2 Å². The molecule has 0 saturated heterocycles. The second-order valence-electron chi connectivity index (χ2n) is 11.0. The van der Waals surface area contributed by atoms with Gasteiger partial charge in [0.05, 0.1) is 17.0 Å². The number of halogens is 4. The van der Waals surface area contributed by atoms with E-state index in [0.29, 0.717) is 42.8 Å². The normalized spacial score (nSPS) is 25.4. The standard InChI is InChI=1S/C28H29ClF3N5O3/c1-27(39,19-13-37(3)35-23(19)25(31)32)6-7-28(40)11-16-8-15(9-17(16)12-28)22-24(36(2)14-33-22)26(38)34-18-4-5-21(30)20(29)10-18/h4-5,10,13-17,25,39-40H,8-9,11-12H2,1-3H3,(H,34,38). The molecule has 3 atom stereocenters. The highest BCUT2D eigenvalue weighted by atomic mass is 35.5. The first-order valence-corrected chi connectivity index (χ1v) is 13.2. The minimum atomic E-state index is -2.87. The molecule has 8 nitrogen and oxygen atoms in total. The Bertz CT molecular complexity index is 1510. The van der Waals surface area contributed by atoms with E-state index in [1.54, 1.807) is 17.9 Å². The van der Waals surface area contributed by atoms with Gasteiger partial charge in [0.1, 0.15) is 22.8 Å². The minimum Gasteiger partial charge on any atom is -0.378 e. The summed E-state index contributed by atoms with van der Waals surface area (Å²) in [4.78, 5) is 17.6. The van der Waals surface area contributed by atoms with Gasteiger partial charge in [-0.3, -0.25) is 9.48 Å². The smallest absolute Gasteiger partial charge is 0.282 e. The number of benzene rings is 1. The van der Waals surface area contributed by atoms with E-state index in [-0.39, 0.29) is 28.3 Å². The molecular weight excluding hydrogens is 547 g/mol. The highest BCUT2D eigenvalue weighted by Gasteiger charge is 2.49. The molecule has 3 N–H and O–H groups in total. The number of anilines is 1. The number of hydrogen-bond acceptors (Lipinski definition) is 5. The fraction of sp³-hybridized carbons (Fsp3) is 0.464. The number of aliphatic hydroxyl groups is 2. The van der Waals surface area contributed by atoms with E-state index in [2.05, 4.69) is 27.2 Å². The van der Waals surface area contributed by atoms with Crippen molar-refractivity contribution in [1.82, 2.24) is 19.3 Å². The lowest BCUT2D eigenvalue weighted by Gasteiger charge is -2.21. The van der Waals surface area contributed by atoms with E-state index >= 15 is 0 Å². The van der Waals surface area contributed by atoms with Gasteiger partial charge >= 0.3 is 0 Å². The molecule has 2 heterocycles. The fourth-order valence-electron chi connectivity index (χ4n) is 6.12. The highest BCUT2D eigenvalue weighted by molar-refractivity contribution is 6.31. The molecule has 2 fully saturated rings. The zero-order chi connectivity index (χ0) is 29.0. The van der Waals surface area contributed by atoms with Crippen LogP contribution in [-0.2, 0) is 19.7 Å². The van der Waals surface area contributed by atoms with Crippen LogP contribution in [0.4, 0.5) is 18.9 Å². The van der Waals surface area contributed by atoms with Gasteiger partial charge in [0.15, 0.2) is 5.60 Å². The first-order valence-electron chi connectivity index (χ1n) is 12.8. The summed E-state index contributed by atoms with van der Waals surface area (Å²) in [7, 11) is 3.21. The average Bonchev–Trinajstić information content (AvgIpc) is 3.62. The summed E-state index contributed by atoms with van der Waals surface area (Å²) in [6, 6.07) is 3.95. The molecule has 0 spiro atoms. The Hall–Kier alpha value is -3.33. The van der Waals surface area contributed by atoms with Crippen molar-refractivity contribution in [3.63, 3.8) is 0 Å². The van der Waals surface area contributed by atoms with Gasteiger partial charge in [-0.05, 0) is 62.6 Å². The molecule has 1 amide bonds. The van der Waals surface area contributed by atoms with Gasteiger partial charge in [0.2, 0.25) is 0 Å². The van der Waals surface area contributed by atoms with Gasteiger partial charge in [-0.1, -0.05) is 23.4 Å². The Morgan fingerprint density at radius 1 is 1.27 bits per heavy atom. The predicted molar refractivity (Wildman–Crippen MR) is 141 cm³/mol. The third kappa shape index (κ3) is 5.36. The molecule has 1 aromatic carbocycles. The van der Waals surface area contributed by atoms with Crippen molar-refractivity contribution in [2.24, 2.45) is 25.9 Å². The van der Waals surface area contributed by atoms with Crippen molar-refractivity contribution in [3.8, 4) is 11.8 Å². The first kappa shape index (κ1) is 28.2. The molecule has 2 aliphatic rings. The van der Waals surface area contributed by atoms with Crippen LogP contribution in [0.3, 0.4) is 0 Å². The number of alkyl halides is 2. The third-order valence-electron chi connectivity index (χ3n) is 7.91. The van der Waals surface area contributed by atoms with E-state index in [0.717, 1.165) is 0 Å². The summed E-state index contributed by atoms with van der Waals surface area (Å²) < 4.78 is 43.2. The number of aromatic nitrogens is 4. The first-order chi connectivity index (χ1) is 18.8. The number of carbonyl (C=O) groups excluding carboxylic acids is 1. The Labute approximate surface area is 234 Å². The molecule has 2 aromatic heterocycles. The van der Waals surface area contributed by atoms with Gasteiger partial charge in [-0.15, -0.1) is 0 Å². The molecule has 0 aliphatic heterocycles. The maximum absolute atomic E-state index is 13.5. The SMILES string of the molecule is Cn1cc(C(C)(O)C#CC2(O)CC3CC(c4ncn(C)c4C(=O)Nc4ccc(F)c(Cl)c4)CC3C2)c(C(F)F)n1. The van der Waals surface area contributed by atoms with Crippen LogP contribution in [0.5, 0.6) is 0 Å². The van der Waals surface area contributed by atoms with Crippen LogP contribution in [0.2, 0.25) is 5.02 Å². The van der Waals surface area contributed by atoms with Gasteiger partial charge in [0, 0.05) is 37.5 Å². The van der Waals surface area contributed by atoms with Crippen LogP contribution < -0.4 is 5.32 Å². The number of rotatable bonds is 5. The molecule has 2 saturated carbocycles. The number of nitrogens with one attached hydrogen (secondary N) is 1. The second kappa shape index (κ2) is 10.3. The van der Waals surface area contributed by atoms with Crippen LogP contribution in [0.25, 0.3) is 0 Å². The molecule has 0 bridgehead atoms. The van der Waals surface area contributed by atoms with Crippen molar-refractivity contribution in [2.75, 3.05) is 5.32 Å². The lowest BCUT2D eigenvalue weighted by Crippen LogP contribution is -2.26. The van der Waals surface area contributed by atoms with Crippen LogP contribution in [0, 0.1) is 29.5 Å². The van der Waals surface area contributed by atoms with E-state index in [1.807, 2.05) is 0 Å².